The van der Waals surface area contributed by atoms with Gasteiger partial charge in [0.15, 0.2) is 0 Å². The topological polar surface area (TPSA) is 82.8 Å². The van der Waals surface area contributed by atoms with Gasteiger partial charge in [-0.3, -0.25) is 9.67 Å². The minimum Gasteiger partial charge on any atom is -0.396 e. The van der Waals surface area contributed by atoms with Crippen LogP contribution in [0.1, 0.15) is 18.2 Å². The number of hydrogen-bond donors (Lipinski definition) is 2. The minimum absolute atomic E-state index is 0.142. The van der Waals surface area contributed by atoms with Crippen LogP contribution in [-0.2, 0) is 7.05 Å². The third kappa shape index (κ3) is 2.26. The summed E-state index contributed by atoms with van der Waals surface area (Å²) in [5.74, 6) is 0. The van der Waals surface area contributed by atoms with Crippen molar-refractivity contribution in [2.75, 3.05) is 5.73 Å². The number of nitrogens with zero attached hydrogens (tertiary/aromatic N) is 3. The van der Waals surface area contributed by atoms with Crippen LogP contribution < -0.4 is 11.5 Å². The maximum absolute atomic E-state index is 6.02. The average Bonchev–Trinajstić information content (AvgIpc) is 2.69. The smallest absolute Gasteiger partial charge is 0.0909 e. The molecule has 2 rings (SSSR count). The molecule has 0 aromatic carbocycles. The maximum Gasteiger partial charge on any atom is 0.0909 e. The number of nitrogen functional groups attached to an aromatic ring is 1. The fourth-order valence-electron chi connectivity index (χ4n) is 1.91. The van der Waals surface area contributed by atoms with E-state index >= 15 is 0 Å². The lowest BCUT2D eigenvalue weighted by Gasteiger charge is -2.10. The molecule has 2 heterocycles. The molecule has 2 aromatic rings. The quantitative estimate of drug-likeness (QED) is 0.800. The second-order valence-corrected chi connectivity index (χ2v) is 4.17. The number of aryl methyl sites for hydroxylation is 1. The maximum atomic E-state index is 6.02. The number of pyridine rings is 1. The summed E-state index contributed by atoms with van der Waals surface area (Å²) < 4.78 is 1.74. The van der Waals surface area contributed by atoms with E-state index in [9.17, 15) is 0 Å². The lowest BCUT2D eigenvalue weighted by molar-refractivity contribution is 0.713. The standard InChI is InChI=1S/C13H17N5/c1-3-4-10(14)12-7-9(5-6-16-12)13-11(15)8-17-18(13)2/h3,5-8,10H,1,4,14-15H2,2H3/t10-/m0/s1. The molecule has 0 aliphatic rings. The Morgan fingerprint density at radius 2 is 2.33 bits per heavy atom. The van der Waals surface area contributed by atoms with Crippen molar-refractivity contribution in [3.8, 4) is 11.3 Å². The highest BCUT2D eigenvalue weighted by Gasteiger charge is 2.11. The molecule has 4 N–H and O–H groups in total. The van der Waals surface area contributed by atoms with E-state index in [0.717, 1.165) is 17.0 Å². The molecule has 0 spiro atoms. The molecule has 0 aliphatic carbocycles. The number of anilines is 1. The third-order valence-corrected chi connectivity index (χ3v) is 2.82. The van der Waals surface area contributed by atoms with E-state index in [1.165, 1.54) is 0 Å². The summed E-state index contributed by atoms with van der Waals surface area (Å²) in [4.78, 5) is 4.28. The van der Waals surface area contributed by atoms with Gasteiger partial charge in [0.2, 0.25) is 0 Å². The van der Waals surface area contributed by atoms with Gasteiger partial charge in [-0.25, -0.2) is 0 Å². The number of nitrogens with two attached hydrogens (primary N) is 2. The molecule has 0 saturated heterocycles. The first-order valence-corrected chi connectivity index (χ1v) is 5.73. The van der Waals surface area contributed by atoms with Gasteiger partial charge < -0.3 is 11.5 Å². The summed E-state index contributed by atoms with van der Waals surface area (Å²) in [6, 6.07) is 3.70. The zero-order chi connectivity index (χ0) is 13.1. The fraction of sp³-hybridized carbons (Fsp3) is 0.231. The van der Waals surface area contributed by atoms with Gasteiger partial charge in [0, 0.05) is 18.8 Å². The Bertz CT molecular complexity index is 539. The van der Waals surface area contributed by atoms with E-state index in [1.807, 2.05) is 19.2 Å². The van der Waals surface area contributed by atoms with Crippen LogP contribution in [0.5, 0.6) is 0 Å². The van der Waals surface area contributed by atoms with Crippen LogP contribution in [-0.4, -0.2) is 14.8 Å². The van der Waals surface area contributed by atoms with E-state index < -0.39 is 0 Å². The second-order valence-electron chi connectivity index (χ2n) is 4.17. The molecule has 0 aliphatic heterocycles. The Balaban J connectivity index is 2.41. The Kier molecular flexibility index (Phi) is 3.43. The molecule has 0 unspecified atom stereocenters. The lowest BCUT2D eigenvalue weighted by atomic mass is 10.1. The van der Waals surface area contributed by atoms with Crippen LogP contribution >= 0.6 is 0 Å². The van der Waals surface area contributed by atoms with Gasteiger partial charge in [0.1, 0.15) is 0 Å². The SMILES string of the molecule is C=CC[C@H](N)c1cc(-c2c(N)cnn2C)ccn1. The van der Waals surface area contributed by atoms with Crippen molar-refractivity contribution in [1.29, 1.82) is 0 Å². The first-order chi connectivity index (χ1) is 8.63. The van der Waals surface area contributed by atoms with Gasteiger partial charge in [0.25, 0.3) is 0 Å². The van der Waals surface area contributed by atoms with E-state index in [2.05, 4.69) is 16.7 Å². The van der Waals surface area contributed by atoms with E-state index in [-0.39, 0.29) is 6.04 Å². The van der Waals surface area contributed by atoms with Crippen LogP contribution in [0.25, 0.3) is 11.3 Å². The second kappa shape index (κ2) is 5.01. The van der Waals surface area contributed by atoms with Crippen molar-refractivity contribution < 1.29 is 0 Å². The van der Waals surface area contributed by atoms with Gasteiger partial charge in [-0.1, -0.05) is 6.08 Å². The molecule has 0 bridgehead atoms. The van der Waals surface area contributed by atoms with Crippen molar-refractivity contribution in [1.82, 2.24) is 14.8 Å². The summed E-state index contributed by atoms with van der Waals surface area (Å²) in [5.41, 5.74) is 15.2. The molecular formula is C13H17N5. The Morgan fingerprint density at radius 3 is 2.94 bits per heavy atom. The summed E-state index contributed by atoms with van der Waals surface area (Å²) >= 11 is 0. The normalized spacial score (nSPS) is 12.3. The van der Waals surface area contributed by atoms with Crippen molar-refractivity contribution in [3.63, 3.8) is 0 Å². The van der Waals surface area contributed by atoms with E-state index in [4.69, 9.17) is 11.5 Å². The molecule has 18 heavy (non-hydrogen) atoms. The summed E-state index contributed by atoms with van der Waals surface area (Å²) in [6.07, 6.45) is 5.86. The summed E-state index contributed by atoms with van der Waals surface area (Å²) in [5, 5.41) is 4.13. The van der Waals surface area contributed by atoms with Crippen LogP contribution in [0, 0.1) is 0 Å². The molecule has 0 amide bonds. The number of rotatable bonds is 4. The Labute approximate surface area is 106 Å². The monoisotopic (exact) mass is 243 g/mol. The molecule has 5 nitrogen and oxygen atoms in total. The van der Waals surface area contributed by atoms with Gasteiger partial charge >= 0.3 is 0 Å². The fourth-order valence-corrected chi connectivity index (χ4v) is 1.91. The molecule has 2 aromatic heterocycles. The number of hydrogen-bond acceptors (Lipinski definition) is 4. The predicted octanol–water partition coefficient (Wildman–Crippen LogP) is 1.64. The summed E-state index contributed by atoms with van der Waals surface area (Å²) in [6.45, 7) is 3.68. The van der Waals surface area contributed by atoms with Crippen molar-refractivity contribution >= 4 is 5.69 Å². The molecule has 0 saturated carbocycles. The summed E-state index contributed by atoms with van der Waals surface area (Å²) in [7, 11) is 1.86. The average molecular weight is 243 g/mol. The van der Waals surface area contributed by atoms with Gasteiger partial charge in [0.05, 0.1) is 29.3 Å². The molecule has 5 heteroatoms. The molecule has 1 atom stereocenters. The number of aromatic nitrogens is 3. The van der Waals surface area contributed by atoms with E-state index in [0.29, 0.717) is 12.1 Å². The molecule has 94 valence electrons. The van der Waals surface area contributed by atoms with Crippen LogP contribution in [0.4, 0.5) is 5.69 Å². The minimum atomic E-state index is -0.142. The van der Waals surface area contributed by atoms with Crippen molar-refractivity contribution in [2.24, 2.45) is 12.8 Å². The first-order valence-electron chi connectivity index (χ1n) is 5.73. The van der Waals surface area contributed by atoms with Crippen LogP contribution in [0.15, 0.2) is 37.2 Å². The van der Waals surface area contributed by atoms with Gasteiger partial charge in [-0.15, -0.1) is 6.58 Å². The lowest BCUT2D eigenvalue weighted by Crippen LogP contribution is -2.11. The van der Waals surface area contributed by atoms with Crippen molar-refractivity contribution in [3.05, 3.63) is 42.9 Å². The van der Waals surface area contributed by atoms with Crippen molar-refractivity contribution in [2.45, 2.75) is 12.5 Å². The largest absolute Gasteiger partial charge is 0.396 e. The molecule has 0 radical (unpaired) electrons. The van der Waals surface area contributed by atoms with Crippen LogP contribution in [0.3, 0.4) is 0 Å². The Hall–Kier alpha value is -2.14. The highest BCUT2D eigenvalue weighted by molar-refractivity contribution is 5.72. The van der Waals surface area contributed by atoms with Crippen LogP contribution in [0.2, 0.25) is 0 Å². The Morgan fingerprint density at radius 1 is 1.56 bits per heavy atom. The van der Waals surface area contributed by atoms with E-state index in [1.54, 1.807) is 23.2 Å². The van der Waals surface area contributed by atoms with Gasteiger partial charge in [-0.05, 0) is 18.6 Å². The highest BCUT2D eigenvalue weighted by atomic mass is 15.3. The first kappa shape index (κ1) is 12.3. The molecule has 0 fully saturated rings. The van der Waals surface area contributed by atoms with Gasteiger partial charge in [-0.2, -0.15) is 5.10 Å². The zero-order valence-electron chi connectivity index (χ0n) is 10.4. The highest BCUT2D eigenvalue weighted by Crippen LogP contribution is 2.26. The molecular weight excluding hydrogens is 226 g/mol. The predicted molar refractivity (Wildman–Crippen MR) is 72.6 cm³/mol. The zero-order valence-corrected chi connectivity index (χ0v) is 10.4. The third-order valence-electron chi connectivity index (χ3n) is 2.82.